The molecule has 2 aromatic rings. The topological polar surface area (TPSA) is 26.3 Å². The summed E-state index contributed by atoms with van der Waals surface area (Å²) < 4.78 is 5.85. The van der Waals surface area contributed by atoms with E-state index in [0.717, 1.165) is 29.2 Å². The predicted molar refractivity (Wildman–Crippen MR) is 79.0 cm³/mol. The van der Waals surface area contributed by atoms with Gasteiger partial charge in [-0.2, -0.15) is 0 Å². The number of hydrogen-bond donors (Lipinski definition) is 0. The molecule has 0 aliphatic heterocycles. The fourth-order valence-corrected chi connectivity index (χ4v) is 2.20. The van der Waals surface area contributed by atoms with Crippen molar-refractivity contribution in [2.24, 2.45) is 0 Å². The summed E-state index contributed by atoms with van der Waals surface area (Å²) in [7, 11) is 0. The molecule has 0 saturated heterocycles. The van der Waals surface area contributed by atoms with Gasteiger partial charge in [-0.15, -0.1) is 0 Å². The van der Waals surface area contributed by atoms with Crippen molar-refractivity contribution in [3.63, 3.8) is 0 Å². The molecule has 2 aromatic carbocycles. The minimum atomic E-state index is 0.669. The van der Waals surface area contributed by atoms with Gasteiger partial charge in [0.05, 0.1) is 6.61 Å². The minimum absolute atomic E-state index is 0.669. The van der Waals surface area contributed by atoms with Crippen molar-refractivity contribution >= 4 is 17.1 Å². The molecular formula is C17H20O2. The lowest BCUT2D eigenvalue weighted by molar-refractivity contribution is 0.112. The molecule has 2 rings (SSSR count). The lowest BCUT2D eigenvalue weighted by atomic mass is 10.1. The van der Waals surface area contributed by atoms with Gasteiger partial charge in [0, 0.05) is 10.9 Å². The number of rotatable bonds is 7. The Hall–Kier alpha value is -1.83. The van der Waals surface area contributed by atoms with E-state index in [-0.39, 0.29) is 0 Å². The van der Waals surface area contributed by atoms with Gasteiger partial charge in [-0.3, -0.25) is 4.79 Å². The van der Waals surface area contributed by atoms with Crippen LogP contribution < -0.4 is 4.74 Å². The van der Waals surface area contributed by atoms with E-state index < -0.39 is 0 Å². The molecule has 0 radical (unpaired) electrons. The van der Waals surface area contributed by atoms with Crippen LogP contribution in [0.1, 0.15) is 43.0 Å². The van der Waals surface area contributed by atoms with Gasteiger partial charge in [-0.05, 0) is 23.9 Å². The third-order valence-corrected chi connectivity index (χ3v) is 3.24. The third-order valence-electron chi connectivity index (χ3n) is 3.24. The van der Waals surface area contributed by atoms with Gasteiger partial charge in [0.25, 0.3) is 0 Å². The van der Waals surface area contributed by atoms with Crippen molar-refractivity contribution in [2.75, 3.05) is 6.61 Å². The monoisotopic (exact) mass is 256 g/mol. The molecule has 0 aliphatic carbocycles. The fraction of sp³-hybridized carbons (Fsp3) is 0.353. The summed E-state index contributed by atoms with van der Waals surface area (Å²) in [5, 5.41) is 2.12. The van der Waals surface area contributed by atoms with Crippen LogP contribution in [-0.2, 0) is 0 Å². The number of fused-ring (bicyclic) bond motifs is 1. The number of benzene rings is 2. The van der Waals surface area contributed by atoms with E-state index in [4.69, 9.17) is 4.74 Å². The van der Waals surface area contributed by atoms with Gasteiger partial charge in [-0.25, -0.2) is 0 Å². The maximum atomic E-state index is 11.0. The number of carbonyl (C=O) groups is 1. The van der Waals surface area contributed by atoms with Crippen LogP contribution in [0, 0.1) is 0 Å². The standard InChI is InChI=1S/C17H20O2/c1-2-3-4-7-10-19-17-12-14(13-18)11-15-8-5-6-9-16(15)17/h5-6,8-9,11-13H,2-4,7,10H2,1H3. The summed E-state index contributed by atoms with van der Waals surface area (Å²) >= 11 is 0. The molecule has 0 bridgehead atoms. The Labute approximate surface area is 114 Å². The molecule has 0 N–H and O–H groups in total. The first-order valence-corrected chi connectivity index (χ1v) is 6.96. The van der Waals surface area contributed by atoms with Gasteiger partial charge in [0.15, 0.2) is 0 Å². The summed E-state index contributed by atoms with van der Waals surface area (Å²) in [4.78, 5) is 11.0. The molecule has 0 unspecified atom stereocenters. The van der Waals surface area contributed by atoms with Crippen LogP contribution in [0.25, 0.3) is 10.8 Å². The van der Waals surface area contributed by atoms with Crippen molar-refractivity contribution in [1.82, 2.24) is 0 Å². The maximum absolute atomic E-state index is 11.0. The lowest BCUT2D eigenvalue weighted by Crippen LogP contribution is -1.98. The summed E-state index contributed by atoms with van der Waals surface area (Å²) in [5.74, 6) is 0.816. The average molecular weight is 256 g/mol. The number of ether oxygens (including phenoxy) is 1. The molecule has 0 amide bonds. The minimum Gasteiger partial charge on any atom is -0.493 e. The molecule has 2 nitrogen and oxygen atoms in total. The van der Waals surface area contributed by atoms with Gasteiger partial charge < -0.3 is 4.74 Å². The number of hydrogen-bond acceptors (Lipinski definition) is 2. The Kier molecular flexibility index (Phi) is 4.96. The highest BCUT2D eigenvalue weighted by atomic mass is 16.5. The third kappa shape index (κ3) is 3.57. The first-order valence-electron chi connectivity index (χ1n) is 6.96. The predicted octanol–water partition coefficient (Wildman–Crippen LogP) is 4.61. The average Bonchev–Trinajstić information content (AvgIpc) is 2.46. The zero-order chi connectivity index (χ0) is 13.5. The largest absolute Gasteiger partial charge is 0.493 e. The summed E-state index contributed by atoms with van der Waals surface area (Å²) in [5.41, 5.74) is 0.669. The lowest BCUT2D eigenvalue weighted by Gasteiger charge is -2.10. The Morgan fingerprint density at radius 2 is 1.95 bits per heavy atom. The van der Waals surface area contributed by atoms with E-state index >= 15 is 0 Å². The second-order valence-corrected chi connectivity index (χ2v) is 4.77. The Bertz CT molecular complexity index is 546. The van der Waals surface area contributed by atoms with E-state index in [1.807, 2.05) is 36.4 Å². The Morgan fingerprint density at radius 3 is 2.74 bits per heavy atom. The van der Waals surface area contributed by atoms with Crippen LogP contribution in [0.15, 0.2) is 36.4 Å². The van der Waals surface area contributed by atoms with Crippen LogP contribution >= 0.6 is 0 Å². The molecular weight excluding hydrogens is 236 g/mol. The van der Waals surface area contributed by atoms with Crippen molar-refractivity contribution in [2.45, 2.75) is 32.6 Å². The molecule has 100 valence electrons. The molecule has 19 heavy (non-hydrogen) atoms. The molecule has 0 atom stereocenters. The second-order valence-electron chi connectivity index (χ2n) is 4.77. The first-order chi connectivity index (χ1) is 9.35. The number of carbonyl (C=O) groups excluding carboxylic acids is 1. The quantitative estimate of drug-likeness (QED) is 0.534. The Morgan fingerprint density at radius 1 is 1.11 bits per heavy atom. The van der Waals surface area contributed by atoms with Crippen LogP contribution in [0.2, 0.25) is 0 Å². The van der Waals surface area contributed by atoms with E-state index in [2.05, 4.69) is 6.92 Å². The Balaban J connectivity index is 2.14. The smallest absolute Gasteiger partial charge is 0.150 e. The van der Waals surface area contributed by atoms with Crippen molar-refractivity contribution in [3.8, 4) is 5.75 Å². The normalized spacial score (nSPS) is 10.6. The maximum Gasteiger partial charge on any atom is 0.150 e. The molecule has 0 spiro atoms. The van der Waals surface area contributed by atoms with E-state index in [1.54, 1.807) is 0 Å². The van der Waals surface area contributed by atoms with E-state index in [0.29, 0.717) is 12.2 Å². The van der Waals surface area contributed by atoms with Crippen LogP contribution in [0.3, 0.4) is 0 Å². The highest BCUT2D eigenvalue weighted by molar-refractivity contribution is 5.93. The van der Waals surface area contributed by atoms with Gasteiger partial charge in [0.2, 0.25) is 0 Å². The summed E-state index contributed by atoms with van der Waals surface area (Å²) in [6, 6.07) is 11.7. The molecule has 0 fully saturated rings. The fourth-order valence-electron chi connectivity index (χ4n) is 2.20. The van der Waals surface area contributed by atoms with Crippen LogP contribution in [0.5, 0.6) is 5.75 Å². The van der Waals surface area contributed by atoms with Crippen LogP contribution in [-0.4, -0.2) is 12.9 Å². The van der Waals surface area contributed by atoms with E-state index in [1.165, 1.54) is 19.3 Å². The van der Waals surface area contributed by atoms with E-state index in [9.17, 15) is 4.79 Å². The van der Waals surface area contributed by atoms with Crippen molar-refractivity contribution in [1.29, 1.82) is 0 Å². The van der Waals surface area contributed by atoms with Gasteiger partial charge >= 0.3 is 0 Å². The second kappa shape index (κ2) is 6.93. The van der Waals surface area contributed by atoms with Crippen molar-refractivity contribution in [3.05, 3.63) is 42.0 Å². The molecule has 2 heteroatoms. The summed E-state index contributed by atoms with van der Waals surface area (Å²) in [6.07, 6.45) is 5.60. The zero-order valence-electron chi connectivity index (χ0n) is 11.4. The van der Waals surface area contributed by atoms with Crippen molar-refractivity contribution < 1.29 is 9.53 Å². The van der Waals surface area contributed by atoms with Gasteiger partial charge in [0.1, 0.15) is 12.0 Å². The SMILES string of the molecule is CCCCCCOc1cc(C=O)cc2ccccc12. The molecule has 0 aromatic heterocycles. The van der Waals surface area contributed by atoms with Gasteiger partial charge in [-0.1, -0.05) is 50.5 Å². The first kappa shape index (κ1) is 13.6. The highest BCUT2D eigenvalue weighted by Gasteiger charge is 2.04. The zero-order valence-corrected chi connectivity index (χ0v) is 11.4. The number of aldehydes is 1. The highest BCUT2D eigenvalue weighted by Crippen LogP contribution is 2.27. The van der Waals surface area contributed by atoms with Crippen LogP contribution in [0.4, 0.5) is 0 Å². The summed E-state index contributed by atoms with van der Waals surface area (Å²) in [6.45, 7) is 2.91. The number of unbranched alkanes of at least 4 members (excludes halogenated alkanes) is 3. The molecule has 0 saturated carbocycles. The molecule has 0 heterocycles. The molecule has 0 aliphatic rings.